The maximum atomic E-state index is 14.0. The summed E-state index contributed by atoms with van der Waals surface area (Å²) in [6, 6.07) is 5.12. The monoisotopic (exact) mass is 404 g/mol. The van der Waals surface area contributed by atoms with E-state index in [4.69, 9.17) is 22.1 Å². The van der Waals surface area contributed by atoms with Gasteiger partial charge in [-0.2, -0.15) is 13.2 Å². The molecule has 0 saturated carbocycles. The molecule has 0 atom stereocenters. The van der Waals surface area contributed by atoms with Crippen molar-refractivity contribution in [1.29, 1.82) is 0 Å². The van der Waals surface area contributed by atoms with Crippen molar-refractivity contribution in [2.45, 2.75) is 20.1 Å². The summed E-state index contributed by atoms with van der Waals surface area (Å²) in [5, 5.41) is 7.02. The van der Waals surface area contributed by atoms with Gasteiger partial charge in [0.1, 0.15) is 17.8 Å². The molecule has 2 N–H and O–H groups in total. The second kappa shape index (κ2) is 7.39. The van der Waals surface area contributed by atoms with Gasteiger partial charge in [-0.1, -0.05) is 24.2 Å². The molecular formula is C16H13ClF4N4O2. The standard InChI is InChI=1S/C15H9ClF4N4O2.CH4/c16-9-3-7(15(18,19)20)4-10(17)14(9)26-8-1-2-11-12(5-8)24(23-22-11)6-13(21)25;/h1-5H,6H2,(H2,21,25);1H4. The van der Waals surface area contributed by atoms with E-state index in [0.717, 1.165) is 0 Å². The highest BCUT2D eigenvalue weighted by Gasteiger charge is 2.32. The Kier molecular flexibility index (Phi) is 5.59. The van der Waals surface area contributed by atoms with Crippen LogP contribution in [0.25, 0.3) is 11.0 Å². The molecule has 0 unspecified atom stereocenters. The first-order chi connectivity index (χ1) is 12.1. The molecule has 27 heavy (non-hydrogen) atoms. The van der Waals surface area contributed by atoms with Crippen LogP contribution in [0.4, 0.5) is 17.6 Å². The third kappa shape index (κ3) is 4.27. The first-order valence-corrected chi connectivity index (χ1v) is 7.38. The number of hydrogen-bond acceptors (Lipinski definition) is 4. The van der Waals surface area contributed by atoms with Crippen molar-refractivity contribution in [2.75, 3.05) is 0 Å². The van der Waals surface area contributed by atoms with Crippen LogP contribution in [-0.2, 0) is 17.5 Å². The summed E-state index contributed by atoms with van der Waals surface area (Å²) in [7, 11) is 0. The minimum atomic E-state index is -4.74. The van der Waals surface area contributed by atoms with Crippen LogP contribution in [0.15, 0.2) is 30.3 Å². The van der Waals surface area contributed by atoms with Crippen LogP contribution < -0.4 is 10.5 Å². The third-order valence-corrected chi connectivity index (χ3v) is 3.62. The molecule has 0 bridgehead atoms. The van der Waals surface area contributed by atoms with Gasteiger partial charge in [0.15, 0.2) is 11.6 Å². The average molecular weight is 405 g/mol. The lowest BCUT2D eigenvalue weighted by molar-refractivity contribution is -0.137. The van der Waals surface area contributed by atoms with Crippen molar-refractivity contribution in [3.63, 3.8) is 0 Å². The van der Waals surface area contributed by atoms with Crippen LogP contribution in [-0.4, -0.2) is 20.9 Å². The van der Waals surface area contributed by atoms with E-state index in [0.29, 0.717) is 23.2 Å². The Balaban J connectivity index is 0.00000261. The number of nitrogens with two attached hydrogens (primary N) is 1. The van der Waals surface area contributed by atoms with Crippen molar-refractivity contribution >= 4 is 28.5 Å². The molecular weight excluding hydrogens is 392 g/mol. The summed E-state index contributed by atoms with van der Waals surface area (Å²) in [5.41, 5.74) is 4.66. The molecule has 1 heterocycles. The topological polar surface area (TPSA) is 83.0 Å². The number of carbonyl (C=O) groups is 1. The largest absolute Gasteiger partial charge is 0.453 e. The number of hydrogen-bond donors (Lipinski definition) is 1. The van der Waals surface area contributed by atoms with Gasteiger partial charge in [0.25, 0.3) is 0 Å². The van der Waals surface area contributed by atoms with E-state index >= 15 is 0 Å². The molecule has 0 saturated heterocycles. The number of aromatic nitrogens is 3. The first-order valence-electron chi connectivity index (χ1n) is 7.01. The fourth-order valence-electron chi connectivity index (χ4n) is 2.21. The third-order valence-electron chi connectivity index (χ3n) is 3.34. The first kappa shape index (κ1) is 20.4. The molecule has 0 aliphatic heterocycles. The second-order valence-corrected chi connectivity index (χ2v) is 5.64. The highest BCUT2D eigenvalue weighted by Crippen LogP contribution is 2.38. The Bertz CT molecular complexity index is 981. The van der Waals surface area contributed by atoms with Gasteiger partial charge in [0.05, 0.1) is 16.1 Å². The maximum Gasteiger partial charge on any atom is 0.416 e. The number of ether oxygens (including phenoxy) is 1. The van der Waals surface area contributed by atoms with Crippen molar-refractivity contribution in [3.8, 4) is 11.5 Å². The van der Waals surface area contributed by atoms with Gasteiger partial charge in [-0.05, 0) is 24.3 Å². The summed E-state index contributed by atoms with van der Waals surface area (Å²) in [4.78, 5) is 11.0. The van der Waals surface area contributed by atoms with Crippen molar-refractivity contribution in [3.05, 3.63) is 46.7 Å². The Hall–Kier alpha value is -2.88. The lowest BCUT2D eigenvalue weighted by Crippen LogP contribution is -2.19. The predicted molar refractivity (Wildman–Crippen MR) is 89.9 cm³/mol. The predicted octanol–water partition coefficient (Wildman–Crippen LogP) is 4.16. The van der Waals surface area contributed by atoms with E-state index in [1.807, 2.05) is 0 Å². The normalized spacial score (nSPS) is 11.3. The molecule has 0 spiro atoms. The van der Waals surface area contributed by atoms with Crippen LogP contribution in [0.1, 0.15) is 13.0 Å². The van der Waals surface area contributed by atoms with Gasteiger partial charge >= 0.3 is 6.18 Å². The molecule has 144 valence electrons. The molecule has 3 aromatic rings. The number of carbonyl (C=O) groups excluding carboxylic acids is 1. The molecule has 0 aliphatic carbocycles. The highest BCUT2D eigenvalue weighted by molar-refractivity contribution is 6.32. The quantitative estimate of drug-likeness (QED) is 0.662. The summed E-state index contributed by atoms with van der Waals surface area (Å²) >= 11 is 5.73. The molecule has 3 rings (SSSR count). The SMILES string of the molecule is C.NC(=O)Cn1nnc2ccc(Oc3c(F)cc(C(F)(F)F)cc3Cl)cc21. The van der Waals surface area contributed by atoms with Crippen LogP contribution in [0, 0.1) is 5.82 Å². The molecule has 11 heteroatoms. The Labute approximate surface area is 155 Å². The van der Waals surface area contributed by atoms with E-state index in [1.54, 1.807) is 0 Å². The fraction of sp³-hybridized carbons (Fsp3) is 0.188. The smallest absolute Gasteiger partial charge is 0.416 e. The van der Waals surface area contributed by atoms with E-state index in [-0.39, 0.29) is 19.7 Å². The van der Waals surface area contributed by atoms with Gasteiger partial charge in [-0.15, -0.1) is 5.10 Å². The number of fused-ring (bicyclic) bond motifs is 1. The molecule has 6 nitrogen and oxygen atoms in total. The number of halogens is 5. The molecule has 2 aromatic carbocycles. The van der Waals surface area contributed by atoms with Crippen LogP contribution in [0.2, 0.25) is 5.02 Å². The summed E-state index contributed by atoms with van der Waals surface area (Å²) in [5.74, 6) is -2.42. The van der Waals surface area contributed by atoms with Gasteiger partial charge in [0.2, 0.25) is 5.91 Å². The zero-order valence-electron chi connectivity index (χ0n) is 12.7. The van der Waals surface area contributed by atoms with E-state index in [9.17, 15) is 22.4 Å². The van der Waals surface area contributed by atoms with Crippen LogP contribution in [0.3, 0.4) is 0 Å². The van der Waals surface area contributed by atoms with E-state index in [2.05, 4.69) is 10.3 Å². The fourth-order valence-corrected chi connectivity index (χ4v) is 2.46. The van der Waals surface area contributed by atoms with Crippen molar-refractivity contribution in [2.24, 2.45) is 5.73 Å². The Morgan fingerprint density at radius 2 is 1.96 bits per heavy atom. The summed E-state index contributed by atoms with van der Waals surface area (Å²) in [6.45, 7) is -0.241. The number of amides is 1. The van der Waals surface area contributed by atoms with Gasteiger partial charge < -0.3 is 10.5 Å². The van der Waals surface area contributed by atoms with Crippen molar-refractivity contribution < 1.29 is 27.1 Å². The van der Waals surface area contributed by atoms with Crippen molar-refractivity contribution in [1.82, 2.24) is 15.0 Å². The van der Waals surface area contributed by atoms with Crippen LogP contribution in [0.5, 0.6) is 11.5 Å². The number of rotatable bonds is 4. The molecule has 1 amide bonds. The average Bonchev–Trinajstić information content (AvgIpc) is 2.91. The zero-order valence-corrected chi connectivity index (χ0v) is 13.5. The number of nitrogens with zero attached hydrogens (tertiary/aromatic N) is 3. The van der Waals surface area contributed by atoms with Crippen LogP contribution >= 0.6 is 11.6 Å². The number of alkyl halides is 3. The van der Waals surface area contributed by atoms with E-state index in [1.165, 1.54) is 22.9 Å². The number of primary amides is 1. The molecule has 0 radical (unpaired) electrons. The van der Waals surface area contributed by atoms with Gasteiger partial charge in [-0.25, -0.2) is 9.07 Å². The minimum absolute atomic E-state index is 0. The molecule has 0 fully saturated rings. The summed E-state index contributed by atoms with van der Waals surface area (Å²) in [6.07, 6.45) is -4.74. The Morgan fingerprint density at radius 3 is 2.56 bits per heavy atom. The molecule has 0 aliphatic rings. The lowest BCUT2D eigenvalue weighted by atomic mass is 10.2. The lowest BCUT2D eigenvalue weighted by Gasteiger charge is -2.12. The zero-order chi connectivity index (χ0) is 19.1. The van der Waals surface area contributed by atoms with E-state index < -0.39 is 34.2 Å². The highest BCUT2D eigenvalue weighted by atomic mass is 35.5. The summed E-state index contributed by atoms with van der Waals surface area (Å²) < 4.78 is 58.5. The Morgan fingerprint density at radius 1 is 1.26 bits per heavy atom. The second-order valence-electron chi connectivity index (χ2n) is 5.23. The van der Waals surface area contributed by atoms with Gasteiger partial charge in [0, 0.05) is 6.07 Å². The minimum Gasteiger partial charge on any atom is -0.453 e. The number of benzene rings is 2. The molecule has 1 aromatic heterocycles. The maximum absolute atomic E-state index is 14.0. The van der Waals surface area contributed by atoms with Gasteiger partial charge in [-0.3, -0.25) is 4.79 Å².